The molecule has 0 bridgehead atoms. The van der Waals surface area contributed by atoms with Crippen molar-refractivity contribution in [2.45, 2.75) is 46.5 Å². The van der Waals surface area contributed by atoms with Gasteiger partial charge in [0.15, 0.2) is 0 Å². The third-order valence-corrected chi connectivity index (χ3v) is 3.76. The normalized spacial score (nSPS) is 11.7. The van der Waals surface area contributed by atoms with Crippen molar-refractivity contribution in [1.29, 1.82) is 0 Å². The molecule has 0 aliphatic rings. The lowest BCUT2D eigenvalue weighted by atomic mass is 9.83. The molecule has 2 aromatic carbocycles. The van der Waals surface area contributed by atoms with Crippen LogP contribution in [0.15, 0.2) is 30.3 Å². The summed E-state index contributed by atoms with van der Waals surface area (Å²) in [7, 11) is 0. The molecule has 0 unspecified atom stereocenters. The second-order valence-electron chi connectivity index (χ2n) is 6.88. The Balaban J connectivity index is 2.50. The molecule has 0 heterocycles. The Kier molecular flexibility index (Phi) is 3.99. The lowest BCUT2D eigenvalue weighted by molar-refractivity contribution is 0.440. The van der Waals surface area contributed by atoms with Gasteiger partial charge in [0.05, 0.1) is 0 Å². The Bertz CT molecular complexity index is 664. The second kappa shape index (κ2) is 5.44. The summed E-state index contributed by atoms with van der Waals surface area (Å²) in [5, 5.41) is 20.6. The molecule has 0 aliphatic heterocycles. The van der Waals surface area contributed by atoms with E-state index in [0.717, 1.165) is 27.8 Å². The van der Waals surface area contributed by atoms with Crippen LogP contribution in [0.4, 0.5) is 0 Å². The third kappa shape index (κ3) is 3.38. The zero-order valence-electron chi connectivity index (χ0n) is 13.5. The molecule has 0 aromatic heterocycles. The van der Waals surface area contributed by atoms with Gasteiger partial charge >= 0.3 is 0 Å². The van der Waals surface area contributed by atoms with Crippen LogP contribution in [-0.2, 0) is 11.8 Å². The number of phenols is 2. The van der Waals surface area contributed by atoms with Gasteiger partial charge in [0, 0.05) is 6.42 Å². The maximum atomic E-state index is 10.6. The summed E-state index contributed by atoms with van der Waals surface area (Å²) in [4.78, 5) is 0. The summed E-state index contributed by atoms with van der Waals surface area (Å²) in [6.45, 7) is 10.3. The van der Waals surface area contributed by atoms with E-state index >= 15 is 0 Å². The Morgan fingerprint density at radius 1 is 0.857 bits per heavy atom. The maximum Gasteiger partial charge on any atom is 0.122 e. The Morgan fingerprint density at radius 3 is 2.10 bits per heavy atom. The van der Waals surface area contributed by atoms with Gasteiger partial charge in [0.1, 0.15) is 11.5 Å². The molecule has 2 nitrogen and oxygen atoms in total. The van der Waals surface area contributed by atoms with Gasteiger partial charge in [-0.05, 0) is 42.0 Å². The van der Waals surface area contributed by atoms with E-state index < -0.39 is 0 Å². The highest BCUT2D eigenvalue weighted by Gasteiger charge is 2.21. The van der Waals surface area contributed by atoms with Crippen molar-refractivity contribution in [2.75, 3.05) is 0 Å². The highest BCUT2D eigenvalue weighted by Crippen LogP contribution is 2.36. The van der Waals surface area contributed by atoms with E-state index in [4.69, 9.17) is 0 Å². The minimum atomic E-state index is -0.112. The van der Waals surface area contributed by atoms with Crippen molar-refractivity contribution < 1.29 is 10.2 Å². The van der Waals surface area contributed by atoms with Gasteiger partial charge in [0.2, 0.25) is 0 Å². The zero-order valence-corrected chi connectivity index (χ0v) is 13.5. The van der Waals surface area contributed by atoms with Gasteiger partial charge in [-0.25, -0.2) is 0 Å². The summed E-state index contributed by atoms with van der Waals surface area (Å²) >= 11 is 0. The van der Waals surface area contributed by atoms with Crippen molar-refractivity contribution >= 4 is 0 Å². The molecule has 0 spiro atoms. The maximum absolute atomic E-state index is 10.6. The lowest BCUT2D eigenvalue weighted by Gasteiger charge is -2.23. The highest BCUT2D eigenvalue weighted by molar-refractivity contribution is 5.50. The van der Waals surface area contributed by atoms with Gasteiger partial charge in [-0.2, -0.15) is 0 Å². The quantitative estimate of drug-likeness (QED) is 0.846. The fraction of sp³-hybridized carbons (Fsp3) is 0.368. The van der Waals surface area contributed by atoms with E-state index in [1.165, 1.54) is 0 Å². The molecule has 0 aliphatic carbocycles. The molecule has 2 heteroatoms. The van der Waals surface area contributed by atoms with Gasteiger partial charge in [0.25, 0.3) is 0 Å². The molecular weight excluding hydrogens is 260 g/mol. The lowest BCUT2D eigenvalue weighted by Crippen LogP contribution is -2.12. The predicted octanol–water partition coefficient (Wildman–Crippen LogP) is 4.60. The topological polar surface area (TPSA) is 40.5 Å². The first kappa shape index (κ1) is 15.4. The zero-order chi connectivity index (χ0) is 15.8. The molecule has 2 N–H and O–H groups in total. The van der Waals surface area contributed by atoms with Crippen LogP contribution in [-0.4, -0.2) is 10.2 Å². The standard InChI is InChI=1S/C19H24O2/c1-12-6-7-17(20)14(8-12)11-15-9-13(2)10-16(18(15)21)19(3,4)5/h6-10,20-21H,11H2,1-5H3. The molecule has 0 saturated heterocycles. The van der Waals surface area contributed by atoms with Crippen molar-refractivity contribution in [2.24, 2.45) is 0 Å². The van der Waals surface area contributed by atoms with E-state index in [-0.39, 0.29) is 11.2 Å². The summed E-state index contributed by atoms with van der Waals surface area (Å²) < 4.78 is 0. The minimum Gasteiger partial charge on any atom is -0.508 e. The van der Waals surface area contributed by atoms with Gasteiger partial charge in [-0.3, -0.25) is 0 Å². The Morgan fingerprint density at radius 2 is 1.48 bits per heavy atom. The fourth-order valence-corrected chi connectivity index (χ4v) is 2.62. The largest absolute Gasteiger partial charge is 0.508 e. The van der Waals surface area contributed by atoms with Gasteiger partial charge < -0.3 is 10.2 Å². The SMILES string of the molecule is Cc1ccc(O)c(Cc2cc(C)cc(C(C)(C)C)c2O)c1. The first-order chi connectivity index (χ1) is 9.68. The number of hydrogen-bond donors (Lipinski definition) is 2. The predicted molar refractivity (Wildman–Crippen MR) is 87.2 cm³/mol. The minimum absolute atomic E-state index is 0.112. The first-order valence-corrected chi connectivity index (χ1v) is 7.30. The number of aromatic hydroxyl groups is 2. The molecule has 2 aromatic rings. The number of hydrogen-bond acceptors (Lipinski definition) is 2. The van der Waals surface area contributed by atoms with E-state index in [1.54, 1.807) is 6.07 Å². The fourth-order valence-electron chi connectivity index (χ4n) is 2.62. The average molecular weight is 284 g/mol. The van der Waals surface area contributed by atoms with Crippen LogP contribution in [0, 0.1) is 13.8 Å². The van der Waals surface area contributed by atoms with Crippen molar-refractivity contribution in [3.63, 3.8) is 0 Å². The number of aryl methyl sites for hydroxylation is 2. The molecule has 0 radical (unpaired) electrons. The van der Waals surface area contributed by atoms with E-state index in [1.807, 2.05) is 38.1 Å². The monoisotopic (exact) mass is 284 g/mol. The average Bonchev–Trinajstić information content (AvgIpc) is 2.36. The van der Waals surface area contributed by atoms with Crippen LogP contribution in [0.25, 0.3) is 0 Å². The van der Waals surface area contributed by atoms with Crippen LogP contribution in [0.5, 0.6) is 11.5 Å². The second-order valence-corrected chi connectivity index (χ2v) is 6.88. The van der Waals surface area contributed by atoms with Crippen LogP contribution in [0.1, 0.15) is 48.6 Å². The van der Waals surface area contributed by atoms with E-state index in [0.29, 0.717) is 12.2 Å². The Labute approximate surface area is 127 Å². The Hall–Kier alpha value is -1.96. The van der Waals surface area contributed by atoms with Gasteiger partial charge in [-0.1, -0.05) is 56.2 Å². The molecule has 112 valence electrons. The smallest absolute Gasteiger partial charge is 0.122 e. The van der Waals surface area contributed by atoms with Crippen molar-refractivity contribution in [3.8, 4) is 11.5 Å². The molecule has 2 rings (SSSR count). The molecule has 0 atom stereocenters. The molecule has 0 fully saturated rings. The van der Waals surface area contributed by atoms with Crippen LogP contribution < -0.4 is 0 Å². The molecular formula is C19H24O2. The summed E-state index contributed by atoms with van der Waals surface area (Å²) in [5.41, 5.74) is 4.77. The number of phenolic OH excluding ortho intramolecular Hbond substituents is 2. The number of rotatable bonds is 2. The van der Waals surface area contributed by atoms with Crippen molar-refractivity contribution in [1.82, 2.24) is 0 Å². The van der Waals surface area contributed by atoms with E-state index in [2.05, 4.69) is 20.8 Å². The molecule has 0 saturated carbocycles. The molecule has 21 heavy (non-hydrogen) atoms. The first-order valence-electron chi connectivity index (χ1n) is 7.30. The summed E-state index contributed by atoms with van der Waals surface area (Å²) in [6, 6.07) is 9.59. The van der Waals surface area contributed by atoms with E-state index in [9.17, 15) is 10.2 Å². The highest BCUT2D eigenvalue weighted by atomic mass is 16.3. The third-order valence-electron chi connectivity index (χ3n) is 3.76. The van der Waals surface area contributed by atoms with Crippen molar-refractivity contribution in [3.05, 3.63) is 58.1 Å². The van der Waals surface area contributed by atoms with Crippen LogP contribution in [0.2, 0.25) is 0 Å². The summed E-state index contributed by atoms with van der Waals surface area (Å²) in [6.07, 6.45) is 0.532. The summed E-state index contributed by atoms with van der Waals surface area (Å²) in [5.74, 6) is 0.618. The van der Waals surface area contributed by atoms with Crippen LogP contribution >= 0.6 is 0 Å². The number of benzene rings is 2. The van der Waals surface area contributed by atoms with Crippen LogP contribution in [0.3, 0.4) is 0 Å². The van der Waals surface area contributed by atoms with Gasteiger partial charge in [-0.15, -0.1) is 0 Å². The molecule has 0 amide bonds.